The highest BCUT2D eigenvalue weighted by molar-refractivity contribution is 9.10. The van der Waals surface area contributed by atoms with E-state index in [1.807, 2.05) is 18.2 Å². The van der Waals surface area contributed by atoms with Crippen LogP contribution in [0.3, 0.4) is 0 Å². The molecule has 2 aromatic rings. The second-order valence-electron chi connectivity index (χ2n) is 5.33. The van der Waals surface area contributed by atoms with Crippen LogP contribution in [0.4, 0.5) is 5.69 Å². The lowest BCUT2D eigenvalue weighted by molar-refractivity contribution is -0.110. The maximum Gasteiger partial charge on any atom is 0.256 e. The number of fused-ring (bicyclic) bond motifs is 2. The molecule has 0 radical (unpaired) electrons. The second kappa shape index (κ2) is 4.84. The molecule has 1 aliphatic carbocycles. The average molecular weight is 345 g/mol. The molecule has 0 spiro atoms. The summed E-state index contributed by atoms with van der Waals surface area (Å²) in [5.74, 6) is 1.39. The molecule has 0 atom stereocenters. The predicted octanol–water partition coefficient (Wildman–Crippen LogP) is 3.81. The van der Waals surface area contributed by atoms with E-state index in [1.165, 1.54) is 0 Å². The number of aromatic nitrogens is 1. The number of oxazole rings is 1. The lowest BCUT2D eigenvalue weighted by Crippen LogP contribution is -2.03. The summed E-state index contributed by atoms with van der Waals surface area (Å²) in [4.78, 5) is 16.6. The predicted molar refractivity (Wildman–Crippen MR) is 83.8 cm³/mol. The van der Waals surface area contributed by atoms with E-state index < -0.39 is 0 Å². The highest BCUT2D eigenvalue weighted by atomic mass is 79.9. The number of carbonyl (C=O) groups excluding carboxylic acids is 1. The van der Waals surface area contributed by atoms with Crippen LogP contribution in [0.15, 0.2) is 27.1 Å². The highest BCUT2D eigenvalue weighted by Gasteiger charge is 2.25. The highest BCUT2D eigenvalue weighted by Crippen LogP contribution is 2.35. The summed E-state index contributed by atoms with van der Waals surface area (Å²) in [6.45, 7) is 0. The zero-order valence-electron chi connectivity index (χ0n) is 11.3. The number of carbonyl (C=O) groups is 1. The van der Waals surface area contributed by atoms with E-state index in [1.54, 1.807) is 6.08 Å². The average Bonchev–Trinajstić information content (AvgIpc) is 3.01. The van der Waals surface area contributed by atoms with Gasteiger partial charge in [0.2, 0.25) is 5.89 Å². The van der Waals surface area contributed by atoms with Gasteiger partial charge in [-0.2, -0.15) is 0 Å². The number of nitrogens with one attached hydrogen (secondary N) is 1. The molecular weight excluding hydrogens is 332 g/mol. The Morgan fingerprint density at radius 3 is 3.00 bits per heavy atom. The van der Waals surface area contributed by atoms with Gasteiger partial charge in [0.25, 0.3) is 5.91 Å². The Balaban J connectivity index is 1.78. The Labute approximate surface area is 130 Å². The molecule has 1 aromatic carbocycles. The first-order chi connectivity index (χ1) is 10.2. The van der Waals surface area contributed by atoms with Crippen molar-refractivity contribution in [2.45, 2.75) is 25.7 Å². The third kappa shape index (κ3) is 2.21. The molecule has 1 aliphatic heterocycles. The quantitative estimate of drug-likeness (QED) is 0.800. The Bertz CT molecular complexity index is 753. The first-order valence-corrected chi connectivity index (χ1v) is 7.81. The number of hydrogen-bond donors (Lipinski definition) is 1. The van der Waals surface area contributed by atoms with Crippen molar-refractivity contribution in [3.63, 3.8) is 0 Å². The molecular formula is C16H13BrN2O2. The number of anilines is 1. The Kier molecular flexibility index (Phi) is 2.96. The zero-order valence-corrected chi connectivity index (χ0v) is 12.9. The van der Waals surface area contributed by atoms with E-state index in [9.17, 15) is 4.79 Å². The van der Waals surface area contributed by atoms with E-state index >= 15 is 0 Å². The first-order valence-electron chi connectivity index (χ1n) is 7.02. The summed E-state index contributed by atoms with van der Waals surface area (Å²) in [5.41, 5.74) is 3.35. The maximum atomic E-state index is 12.1. The number of hydrogen-bond acceptors (Lipinski definition) is 3. The molecule has 0 fully saturated rings. The number of nitrogens with zero attached hydrogens (tertiary/aromatic N) is 1. The molecule has 4 rings (SSSR count). The summed E-state index contributed by atoms with van der Waals surface area (Å²) < 4.78 is 6.72. The lowest BCUT2D eigenvalue weighted by Gasteiger charge is -2.05. The van der Waals surface area contributed by atoms with E-state index in [-0.39, 0.29) is 5.91 Å². The van der Waals surface area contributed by atoms with Gasteiger partial charge in [-0.25, -0.2) is 4.98 Å². The molecule has 1 N–H and O–H groups in total. The smallest absolute Gasteiger partial charge is 0.256 e. The standard InChI is InChI=1S/C16H13BrN2O2/c17-9-5-6-12-10(7-9)11(16(20)19-12)8-15-18-13-3-1-2-4-14(13)21-15/h5-8H,1-4H2,(H,19,20). The molecule has 1 amide bonds. The van der Waals surface area contributed by atoms with Crippen LogP contribution < -0.4 is 5.32 Å². The number of halogens is 1. The monoisotopic (exact) mass is 344 g/mol. The van der Waals surface area contributed by atoms with Crippen molar-refractivity contribution in [1.29, 1.82) is 0 Å². The molecule has 0 saturated carbocycles. The molecule has 5 heteroatoms. The van der Waals surface area contributed by atoms with Crippen LogP contribution in [-0.4, -0.2) is 10.9 Å². The number of rotatable bonds is 1. The number of amides is 1. The minimum atomic E-state index is -0.112. The fourth-order valence-corrected chi connectivity index (χ4v) is 3.22. The molecule has 4 nitrogen and oxygen atoms in total. The molecule has 2 aliphatic rings. The summed E-state index contributed by atoms with van der Waals surface area (Å²) in [6.07, 6.45) is 5.96. The Hall–Kier alpha value is -1.88. The van der Waals surface area contributed by atoms with Gasteiger partial charge in [0.05, 0.1) is 11.3 Å². The molecule has 106 valence electrons. The summed E-state index contributed by atoms with van der Waals surface area (Å²) in [7, 11) is 0. The van der Waals surface area contributed by atoms with Gasteiger partial charge in [0.1, 0.15) is 5.76 Å². The van der Waals surface area contributed by atoms with Crippen LogP contribution in [0.1, 0.15) is 35.7 Å². The van der Waals surface area contributed by atoms with Crippen LogP contribution in [0, 0.1) is 0 Å². The molecule has 0 unspecified atom stereocenters. The van der Waals surface area contributed by atoms with Crippen molar-refractivity contribution < 1.29 is 9.21 Å². The van der Waals surface area contributed by atoms with E-state index in [0.717, 1.165) is 52.9 Å². The second-order valence-corrected chi connectivity index (χ2v) is 6.25. The Morgan fingerprint density at radius 1 is 1.29 bits per heavy atom. The molecule has 0 saturated heterocycles. The minimum absolute atomic E-state index is 0.112. The van der Waals surface area contributed by atoms with Gasteiger partial charge >= 0.3 is 0 Å². The fourth-order valence-electron chi connectivity index (χ4n) is 2.86. The van der Waals surface area contributed by atoms with Crippen molar-refractivity contribution in [3.8, 4) is 0 Å². The third-order valence-electron chi connectivity index (χ3n) is 3.89. The molecule has 0 bridgehead atoms. The van der Waals surface area contributed by atoms with Crippen molar-refractivity contribution in [2.75, 3.05) is 5.32 Å². The van der Waals surface area contributed by atoms with Gasteiger partial charge in [-0.3, -0.25) is 4.79 Å². The molecule has 2 heterocycles. The van der Waals surface area contributed by atoms with Crippen LogP contribution in [-0.2, 0) is 17.6 Å². The van der Waals surface area contributed by atoms with Crippen molar-refractivity contribution >= 4 is 39.2 Å². The maximum absolute atomic E-state index is 12.1. The SMILES string of the molecule is O=C1Nc2ccc(Br)cc2C1=Cc1nc2c(o1)CCCC2. The minimum Gasteiger partial charge on any atom is -0.441 e. The third-order valence-corrected chi connectivity index (χ3v) is 4.39. The van der Waals surface area contributed by atoms with Crippen molar-refractivity contribution in [3.05, 3.63) is 45.6 Å². The largest absolute Gasteiger partial charge is 0.441 e. The van der Waals surface area contributed by atoms with Gasteiger partial charge in [-0.15, -0.1) is 0 Å². The van der Waals surface area contributed by atoms with Gasteiger partial charge in [0.15, 0.2) is 0 Å². The number of aryl methyl sites for hydroxylation is 2. The van der Waals surface area contributed by atoms with Crippen LogP contribution >= 0.6 is 15.9 Å². The lowest BCUT2D eigenvalue weighted by atomic mass is 10.0. The normalized spacial score (nSPS) is 18.5. The van der Waals surface area contributed by atoms with E-state index in [2.05, 4.69) is 26.2 Å². The van der Waals surface area contributed by atoms with Crippen molar-refractivity contribution in [2.24, 2.45) is 0 Å². The van der Waals surface area contributed by atoms with Crippen LogP contribution in [0.2, 0.25) is 0 Å². The van der Waals surface area contributed by atoms with Gasteiger partial charge < -0.3 is 9.73 Å². The first kappa shape index (κ1) is 12.8. The summed E-state index contributed by atoms with van der Waals surface area (Å²) in [5, 5.41) is 2.86. The zero-order chi connectivity index (χ0) is 14.4. The van der Waals surface area contributed by atoms with E-state index in [4.69, 9.17) is 4.42 Å². The van der Waals surface area contributed by atoms with Crippen LogP contribution in [0.25, 0.3) is 11.6 Å². The van der Waals surface area contributed by atoms with Gasteiger partial charge in [-0.05, 0) is 37.5 Å². The topological polar surface area (TPSA) is 55.1 Å². The summed E-state index contributed by atoms with van der Waals surface area (Å²) >= 11 is 3.44. The molecule has 1 aromatic heterocycles. The van der Waals surface area contributed by atoms with Crippen LogP contribution in [0.5, 0.6) is 0 Å². The van der Waals surface area contributed by atoms with E-state index in [0.29, 0.717) is 11.5 Å². The summed E-state index contributed by atoms with van der Waals surface area (Å²) in [6, 6.07) is 5.73. The van der Waals surface area contributed by atoms with Gasteiger partial charge in [0, 0.05) is 28.2 Å². The van der Waals surface area contributed by atoms with Gasteiger partial charge in [-0.1, -0.05) is 15.9 Å². The number of benzene rings is 1. The van der Waals surface area contributed by atoms with Crippen molar-refractivity contribution in [1.82, 2.24) is 4.98 Å². The molecule has 21 heavy (non-hydrogen) atoms. The Morgan fingerprint density at radius 2 is 2.14 bits per heavy atom. The fraction of sp³-hybridized carbons (Fsp3) is 0.250.